The van der Waals surface area contributed by atoms with E-state index in [9.17, 15) is 4.79 Å². The molecule has 2 aromatic carbocycles. The summed E-state index contributed by atoms with van der Waals surface area (Å²) in [6.07, 6.45) is 0. The number of aryl methyl sites for hydroxylation is 1. The number of carbonyl (C=O) groups is 1. The third-order valence-electron chi connectivity index (χ3n) is 3.41. The summed E-state index contributed by atoms with van der Waals surface area (Å²) in [7, 11) is 5.60. The molecule has 0 aromatic heterocycles. The Hall–Kier alpha value is -1.85. The van der Waals surface area contributed by atoms with Crippen molar-refractivity contribution in [1.29, 1.82) is 0 Å². The quantitative estimate of drug-likeness (QED) is 0.854. The van der Waals surface area contributed by atoms with Gasteiger partial charge in [-0.25, -0.2) is 0 Å². The van der Waals surface area contributed by atoms with Gasteiger partial charge in [0.25, 0.3) is 5.91 Å². The number of anilines is 1. The van der Waals surface area contributed by atoms with Crippen molar-refractivity contribution in [2.24, 2.45) is 0 Å². The molecule has 0 heterocycles. The van der Waals surface area contributed by atoms with E-state index in [2.05, 4.69) is 32.2 Å². The first-order chi connectivity index (χ1) is 10.9. The lowest BCUT2D eigenvalue weighted by molar-refractivity contribution is 0.102. The third kappa shape index (κ3) is 4.56. The van der Waals surface area contributed by atoms with Crippen molar-refractivity contribution in [2.45, 2.75) is 13.5 Å². The van der Waals surface area contributed by atoms with Crippen molar-refractivity contribution in [3.05, 3.63) is 57.6 Å². The average molecular weight is 377 g/mol. The molecule has 1 amide bonds. The van der Waals surface area contributed by atoms with Crippen LogP contribution < -0.4 is 10.1 Å². The van der Waals surface area contributed by atoms with E-state index in [-0.39, 0.29) is 5.91 Å². The average Bonchev–Trinajstić information content (AvgIpc) is 2.49. The number of nitrogens with one attached hydrogen (secondary N) is 1. The molecule has 5 heteroatoms. The highest BCUT2D eigenvalue weighted by molar-refractivity contribution is 9.10. The molecule has 0 aliphatic heterocycles. The van der Waals surface area contributed by atoms with E-state index < -0.39 is 0 Å². The summed E-state index contributed by atoms with van der Waals surface area (Å²) in [6, 6.07) is 11.4. The minimum atomic E-state index is -0.167. The van der Waals surface area contributed by atoms with E-state index in [4.69, 9.17) is 4.74 Å². The molecule has 4 nitrogen and oxygen atoms in total. The van der Waals surface area contributed by atoms with Gasteiger partial charge < -0.3 is 15.0 Å². The number of nitrogens with zero attached hydrogens (tertiary/aromatic N) is 1. The van der Waals surface area contributed by atoms with Gasteiger partial charge in [-0.05, 0) is 66.8 Å². The Morgan fingerprint density at radius 1 is 1.22 bits per heavy atom. The summed E-state index contributed by atoms with van der Waals surface area (Å²) in [4.78, 5) is 14.7. The second-order valence-electron chi connectivity index (χ2n) is 5.70. The SMILES string of the molecule is COc1ccc(Br)c(C(=O)Nc2ccc(C)cc2CN(C)C)c1. The molecule has 0 saturated carbocycles. The van der Waals surface area contributed by atoms with Crippen LogP contribution in [0.15, 0.2) is 40.9 Å². The maximum atomic E-state index is 12.6. The van der Waals surface area contributed by atoms with Gasteiger partial charge in [-0.1, -0.05) is 17.7 Å². The van der Waals surface area contributed by atoms with Crippen molar-refractivity contribution in [3.63, 3.8) is 0 Å². The van der Waals surface area contributed by atoms with Crippen molar-refractivity contribution in [2.75, 3.05) is 26.5 Å². The molecule has 23 heavy (non-hydrogen) atoms. The van der Waals surface area contributed by atoms with Crippen molar-refractivity contribution in [1.82, 2.24) is 4.90 Å². The highest BCUT2D eigenvalue weighted by atomic mass is 79.9. The summed E-state index contributed by atoms with van der Waals surface area (Å²) in [5, 5.41) is 3.00. The van der Waals surface area contributed by atoms with Crippen LogP contribution in [0, 0.1) is 6.92 Å². The van der Waals surface area contributed by atoms with Crippen LogP contribution in [0.2, 0.25) is 0 Å². The maximum absolute atomic E-state index is 12.6. The smallest absolute Gasteiger partial charge is 0.256 e. The lowest BCUT2D eigenvalue weighted by atomic mass is 10.1. The first-order valence-electron chi connectivity index (χ1n) is 7.30. The number of amides is 1. The van der Waals surface area contributed by atoms with Gasteiger partial charge in [-0.3, -0.25) is 4.79 Å². The molecular weight excluding hydrogens is 356 g/mol. The number of rotatable bonds is 5. The Morgan fingerprint density at radius 3 is 2.61 bits per heavy atom. The summed E-state index contributed by atoms with van der Waals surface area (Å²) >= 11 is 3.42. The zero-order chi connectivity index (χ0) is 17.0. The minimum Gasteiger partial charge on any atom is -0.497 e. The van der Waals surface area contributed by atoms with Crippen LogP contribution in [0.5, 0.6) is 5.75 Å². The van der Waals surface area contributed by atoms with Gasteiger partial charge in [0, 0.05) is 16.7 Å². The van der Waals surface area contributed by atoms with Gasteiger partial charge in [0.15, 0.2) is 0 Å². The molecule has 0 bridgehead atoms. The van der Waals surface area contributed by atoms with Crippen LogP contribution in [0.1, 0.15) is 21.5 Å². The van der Waals surface area contributed by atoms with E-state index in [1.165, 1.54) is 5.56 Å². The molecule has 0 radical (unpaired) electrons. The monoisotopic (exact) mass is 376 g/mol. The second kappa shape index (κ2) is 7.62. The number of carbonyl (C=O) groups excluding carboxylic acids is 1. The topological polar surface area (TPSA) is 41.6 Å². The molecule has 122 valence electrons. The Kier molecular flexibility index (Phi) is 5.80. The summed E-state index contributed by atoms with van der Waals surface area (Å²) in [5.41, 5.74) is 3.62. The van der Waals surface area contributed by atoms with Gasteiger partial charge in [-0.2, -0.15) is 0 Å². The van der Waals surface area contributed by atoms with Gasteiger partial charge in [0.2, 0.25) is 0 Å². The van der Waals surface area contributed by atoms with Gasteiger partial charge in [0.1, 0.15) is 5.75 Å². The zero-order valence-corrected chi connectivity index (χ0v) is 15.4. The molecule has 0 fully saturated rings. The van der Waals surface area contributed by atoms with Crippen LogP contribution in [0.25, 0.3) is 0 Å². The Bertz CT molecular complexity index is 714. The lowest BCUT2D eigenvalue weighted by Crippen LogP contribution is -2.17. The predicted octanol–water partition coefficient (Wildman–Crippen LogP) is 4.08. The fourth-order valence-electron chi connectivity index (χ4n) is 2.31. The highest BCUT2D eigenvalue weighted by Crippen LogP contribution is 2.25. The number of methoxy groups -OCH3 is 1. The summed E-state index contributed by atoms with van der Waals surface area (Å²) in [5.74, 6) is 0.482. The summed E-state index contributed by atoms with van der Waals surface area (Å²) in [6.45, 7) is 2.81. The minimum absolute atomic E-state index is 0.167. The number of halogens is 1. The number of ether oxygens (including phenoxy) is 1. The molecule has 0 saturated heterocycles. The van der Waals surface area contributed by atoms with Crippen LogP contribution in [0.4, 0.5) is 5.69 Å². The van der Waals surface area contributed by atoms with Gasteiger partial charge in [-0.15, -0.1) is 0 Å². The molecule has 0 spiro atoms. The molecule has 0 unspecified atom stereocenters. The van der Waals surface area contributed by atoms with Crippen LogP contribution in [0.3, 0.4) is 0 Å². The first kappa shape index (κ1) is 17.5. The number of hydrogen-bond donors (Lipinski definition) is 1. The number of benzene rings is 2. The molecule has 1 N–H and O–H groups in total. The number of hydrogen-bond acceptors (Lipinski definition) is 3. The first-order valence-corrected chi connectivity index (χ1v) is 8.09. The standard InChI is InChI=1S/C18H21BrN2O2/c1-12-5-8-17(13(9-12)11-21(2)3)20-18(22)15-10-14(23-4)6-7-16(15)19/h5-10H,11H2,1-4H3,(H,20,22). The van der Waals surface area contributed by atoms with E-state index in [1.807, 2.05) is 45.3 Å². The maximum Gasteiger partial charge on any atom is 0.256 e. The molecule has 2 aromatic rings. The fourth-order valence-corrected chi connectivity index (χ4v) is 2.74. The predicted molar refractivity (Wildman–Crippen MR) is 97.2 cm³/mol. The normalized spacial score (nSPS) is 10.7. The Labute approximate surface area is 145 Å². The molecule has 0 atom stereocenters. The molecule has 0 aliphatic rings. The Balaban J connectivity index is 2.30. The molecular formula is C18H21BrN2O2. The zero-order valence-electron chi connectivity index (χ0n) is 13.8. The van der Waals surface area contributed by atoms with Crippen LogP contribution >= 0.6 is 15.9 Å². The highest BCUT2D eigenvalue weighted by Gasteiger charge is 2.14. The van der Waals surface area contributed by atoms with Crippen LogP contribution in [-0.2, 0) is 6.54 Å². The fraction of sp³-hybridized carbons (Fsp3) is 0.278. The molecule has 0 aliphatic carbocycles. The lowest BCUT2D eigenvalue weighted by Gasteiger charge is -2.16. The Morgan fingerprint density at radius 2 is 1.96 bits per heavy atom. The molecule has 2 rings (SSSR count). The van der Waals surface area contributed by atoms with Gasteiger partial charge >= 0.3 is 0 Å². The van der Waals surface area contributed by atoms with E-state index in [1.54, 1.807) is 13.2 Å². The largest absolute Gasteiger partial charge is 0.497 e. The van der Waals surface area contributed by atoms with E-state index >= 15 is 0 Å². The summed E-state index contributed by atoms with van der Waals surface area (Å²) < 4.78 is 5.93. The third-order valence-corrected chi connectivity index (χ3v) is 4.11. The van der Waals surface area contributed by atoms with E-state index in [0.29, 0.717) is 11.3 Å². The second-order valence-corrected chi connectivity index (χ2v) is 6.55. The van der Waals surface area contributed by atoms with E-state index in [0.717, 1.165) is 22.3 Å². The van der Waals surface area contributed by atoms with Crippen molar-refractivity contribution < 1.29 is 9.53 Å². The van der Waals surface area contributed by atoms with Crippen molar-refractivity contribution >= 4 is 27.5 Å². The van der Waals surface area contributed by atoms with Gasteiger partial charge in [0.05, 0.1) is 12.7 Å². The van der Waals surface area contributed by atoms with Crippen molar-refractivity contribution in [3.8, 4) is 5.75 Å². The van der Waals surface area contributed by atoms with Crippen LogP contribution in [-0.4, -0.2) is 32.0 Å².